The molecule has 0 aliphatic carbocycles. The van der Waals surface area contributed by atoms with E-state index in [0.717, 1.165) is 5.56 Å². The number of benzene rings is 2. The van der Waals surface area contributed by atoms with Crippen LogP contribution in [-0.4, -0.2) is 5.91 Å². The summed E-state index contributed by atoms with van der Waals surface area (Å²) in [6.07, 6.45) is 0. The van der Waals surface area contributed by atoms with Gasteiger partial charge in [-0.15, -0.1) is 0 Å². The first-order valence-electron chi connectivity index (χ1n) is 5.60. The fraction of sp³-hybridized carbons (Fsp3) is 0.0714. The second-order valence-corrected chi connectivity index (χ2v) is 5.07. The van der Waals surface area contributed by atoms with E-state index in [4.69, 9.17) is 5.73 Å². The van der Waals surface area contributed by atoms with E-state index in [2.05, 4.69) is 21.2 Å². The molecule has 98 valence electrons. The van der Waals surface area contributed by atoms with Crippen molar-refractivity contribution in [3.05, 3.63) is 57.8 Å². The van der Waals surface area contributed by atoms with Gasteiger partial charge in [-0.1, -0.05) is 22.0 Å². The van der Waals surface area contributed by atoms with Gasteiger partial charge in [0.05, 0.1) is 5.56 Å². The van der Waals surface area contributed by atoms with E-state index in [0.29, 0.717) is 15.8 Å². The quantitative estimate of drug-likeness (QED) is 0.828. The highest BCUT2D eigenvalue weighted by Gasteiger charge is 2.13. The molecular formula is C14H12BrFN2O. The van der Waals surface area contributed by atoms with Crippen molar-refractivity contribution in [2.75, 3.05) is 11.1 Å². The number of hydrogen-bond donors (Lipinski definition) is 2. The van der Waals surface area contributed by atoms with Crippen LogP contribution in [0.5, 0.6) is 0 Å². The summed E-state index contributed by atoms with van der Waals surface area (Å²) in [5.74, 6) is -1.07. The van der Waals surface area contributed by atoms with E-state index in [9.17, 15) is 9.18 Å². The maximum absolute atomic E-state index is 13.6. The maximum Gasteiger partial charge on any atom is 0.258 e. The summed E-state index contributed by atoms with van der Waals surface area (Å²) in [5, 5.41) is 2.66. The Kier molecular flexibility index (Phi) is 3.85. The second kappa shape index (κ2) is 5.40. The van der Waals surface area contributed by atoms with Crippen molar-refractivity contribution in [3.8, 4) is 0 Å². The van der Waals surface area contributed by atoms with Crippen LogP contribution in [0.15, 0.2) is 40.9 Å². The average Bonchev–Trinajstić information content (AvgIpc) is 2.36. The SMILES string of the molecule is Cc1ccc(N)cc1NC(=O)c1cc(Br)ccc1F. The molecule has 3 N–H and O–H groups in total. The lowest BCUT2D eigenvalue weighted by Gasteiger charge is -2.10. The molecule has 0 heterocycles. The zero-order valence-electron chi connectivity index (χ0n) is 10.2. The van der Waals surface area contributed by atoms with E-state index in [1.165, 1.54) is 18.2 Å². The summed E-state index contributed by atoms with van der Waals surface area (Å²) in [4.78, 5) is 12.0. The molecule has 0 aromatic heterocycles. The molecule has 0 saturated heterocycles. The van der Waals surface area contributed by atoms with Gasteiger partial charge in [0, 0.05) is 15.8 Å². The zero-order chi connectivity index (χ0) is 14.0. The number of nitrogens with one attached hydrogen (secondary N) is 1. The highest BCUT2D eigenvalue weighted by Crippen LogP contribution is 2.21. The van der Waals surface area contributed by atoms with Gasteiger partial charge in [0.2, 0.25) is 0 Å². The number of aryl methyl sites for hydroxylation is 1. The van der Waals surface area contributed by atoms with E-state index in [1.54, 1.807) is 18.2 Å². The largest absolute Gasteiger partial charge is 0.399 e. The molecule has 1 amide bonds. The molecular weight excluding hydrogens is 311 g/mol. The highest BCUT2D eigenvalue weighted by atomic mass is 79.9. The van der Waals surface area contributed by atoms with Gasteiger partial charge < -0.3 is 11.1 Å². The lowest BCUT2D eigenvalue weighted by atomic mass is 10.1. The van der Waals surface area contributed by atoms with Crippen molar-refractivity contribution in [2.24, 2.45) is 0 Å². The Morgan fingerprint density at radius 3 is 2.74 bits per heavy atom. The van der Waals surface area contributed by atoms with Crippen LogP contribution in [0.25, 0.3) is 0 Å². The van der Waals surface area contributed by atoms with Crippen molar-refractivity contribution >= 4 is 33.2 Å². The molecule has 0 fully saturated rings. The molecule has 0 atom stereocenters. The monoisotopic (exact) mass is 322 g/mol. The van der Waals surface area contributed by atoms with Gasteiger partial charge in [0.15, 0.2) is 0 Å². The number of amides is 1. The Morgan fingerprint density at radius 2 is 2.00 bits per heavy atom. The van der Waals surface area contributed by atoms with Gasteiger partial charge in [-0.3, -0.25) is 4.79 Å². The first-order chi connectivity index (χ1) is 8.97. The zero-order valence-corrected chi connectivity index (χ0v) is 11.8. The van der Waals surface area contributed by atoms with Gasteiger partial charge in [-0.2, -0.15) is 0 Å². The molecule has 0 aliphatic heterocycles. The summed E-state index contributed by atoms with van der Waals surface area (Å²) in [6.45, 7) is 1.84. The van der Waals surface area contributed by atoms with Crippen molar-refractivity contribution in [1.29, 1.82) is 0 Å². The Labute approximate surface area is 118 Å². The van der Waals surface area contributed by atoms with Crippen molar-refractivity contribution in [2.45, 2.75) is 6.92 Å². The standard InChI is InChI=1S/C14H12BrFN2O/c1-8-2-4-10(17)7-13(8)18-14(19)11-6-9(15)3-5-12(11)16/h2-7H,17H2,1H3,(H,18,19). The molecule has 0 radical (unpaired) electrons. The van der Waals surface area contributed by atoms with E-state index in [1.807, 2.05) is 6.92 Å². The predicted molar refractivity (Wildman–Crippen MR) is 77.6 cm³/mol. The number of halogens is 2. The Balaban J connectivity index is 2.30. The second-order valence-electron chi connectivity index (χ2n) is 4.15. The third-order valence-electron chi connectivity index (χ3n) is 2.68. The van der Waals surface area contributed by atoms with Gasteiger partial charge in [-0.05, 0) is 42.8 Å². The smallest absolute Gasteiger partial charge is 0.258 e. The van der Waals surface area contributed by atoms with E-state index >= 15 is 0 Å². The summed E-state index contributed by atoms with van der Waals surface area (Å²) < 4.78 is 14.2. The van der Waals surface area contributed by atoms with Crippen LogP contribution in [0.3, 0.4) is 0 Å². The number of anilines is 2. The Morgan fingerprint density at radius 1 is 1.26 bits per heavy atom. The Bertz CT molecular complexity index is 643. The van der Waals surface area contributed by atoms with Crippen LogP contribution in [0.4, 0.5) is 15.8 Å². The molecule has 19 heavy (non-hydrogen) atoms. The fourth-order valence-corrected chi connectivity index (χ4v) is 2.00. The minimum atomic E-state index is -0.567. The summed E-state index contributed by atoms with van der Waals surface area (Å²) in [7, 11) is 0. The maximum atomic E-state index is 13.6. The number of carbonyl (C=O) groups is 1. The molecule has 0 spiro atoms. The third-order valence-corrected chi connectivity index (χ3v) is 3.18. The van der Waals surface area contributed by atoms with Crippen LogP contribution >= 0.6 is 15.9 Å². The van der Waals surface area contributed by atoms with E-state index < -0.39 is 11.7 Å². The van der Waals surface area contributed by atoms with Gasteiger partial charge in [0.1, 0.15) is 5.82 Å². The third kappa shape index (κ3) is 3.12. The van der Waals surface area contributed by atoms with Crippen molar-refractivity contribution < 1.29 is 9.18 Å². The highest BCUT2D eigenvalue weighted by molar-refractivity contribution is 9.10. The molecule has 2 aromatic rings. The number of nitrogen functional groups attached to an aromatic ring is 1. The first kappa shape index (κ1) is 13.5. The van der Waals surface area contributed by atoms with Gasteiger partial charge in [-0.25, -0.2) is 4.39 Å². The first-order valence-corrected chi connectivity index (χ1v) is 6.39. The van der Waals surface area contributed by atoms with Gasteiger partial charge in [0.25, 0.3) is 5.91 Å². The predicted octanol–water partition coefficient (Wildman–Crippen LogP) is 3.73. The van der Waals surface area contributed by atoms with Crippen LogP contribution in [-0.2, 0) is 0 Å². The summed E-state index contributed by atoms with van der Waals surface area (Å²) in [6, 6.07) is 9.39. The number of rotatable bonds is 2. The van der Waals surface area contributed by atoms with E-state index in [-0.39, 0.29) is 5.56 Å². The number of hydrogen-bond acceptors (Lipinski definition) is 2. The topological polar surface area (TPSA) is 55.1 Å². The lowest BCUT2D eigenvalue weighted by Crippen LogP contribution is -2.14. The molecule has 2 aromatic carbocycles. The Hall–Kier alpha value is -1.88. The molecule has 3 nitrogen and oxygen atoms in total. The summed E-state index contributed by atoms with van der Waals surface area (Å²) >= 11 is 3.21. The molecule has 2 rings (SSSR count). The van der Waals surface area contributed by atoms with Crippen molar-refractivity contribution in [1.82, 2.24) is 0 Å². The van der Waals surface area contributed by atoms with Crippen LogP contribution in [0, 0.1) is 12.7 Å². The normalized spacial score (nSPS) is 10.3. The van der Waals surface area contributed by atoms with Crippen molar-refractivity contribution in [3.63, 3.8) is 0 Å². The van der Waals surface area contributed by atoms with Crippen LogP contribution in [0.2, 0.25) is 0 Å². The van der Waals surface area contributed by atoms with Gasteiger partial charge >= 0.3 is 0 Å². The fourth-order valence-electron chi connectivity index (χ4n) is 1.64. The minimum absolute atomic E-state index is 0.0174. The lowest BCUT2D eigenvalue weighted by molar-refractivity contribution is 0.102. The molecule has 0 bridgehead atoms. The van der Waals surface area contributed by atoms with Crippen LogP contribution < -0.4 is 11.1 Å². The molecule has 5 heteroatoms. The average molecular weight is 323 g/mol. The minimum Gasteiger partial charge on any atom is -0.399 e. The molecule has 0 saturated carbocycles. The summed E-state index contributed by atoms with van der Waals surface area (Å²) in [5.41, 5.74) is 7.62. The molecule has 0 aliphatic rings. The van der Waals surface area contributed by atoms with Crippen LogP contribution in [0.1, 0.15) is 15.9 Å². The number of nitrogens with two attached hydrogens (primary N) is 1. The number of carbonyl (C=O) groups excluding carboxylic acids is 1. The molecule has 0 unspecified atom stereocenters.